The number of halogens is 1. The number of aromatic amines is 1. The van der Waals surface area contributed by atoms with Crippen molar-refractivity contribution in [2.24, 2.45) is 0 Å². The number of hydrogen-bond acceptors (Lipinski definition) is 6. The number of rotatable bonds is 5. The van der Waals surface area contributed by atoms with Crippen LogP contribution in [-0.4, -0.2) is 89.1 Å². The van der Waals surface area contributed by atoms with E-state index in [1.807, 2.05) is 18.3 Å². The van der Waals surface area contributed by atoms with Crippen molar-refractivity contribution >= 4 is 33.8 Å². The number of aromatic nitrogens is 1. The van der Waals surface area contributed by atoms with Crippen molar-refractivity contribution in [3.05, 3.63) is 52.9 Å². The number of thiophene rings is 1. The van der Waals surface area contributed by atoms with E-state index in [9.17, 15) is 4.79 Å². The third-order valence-electron chi connectivity index (χ3n) is 8.28. The molecular formula is C28H32FN5O2S. The summed E-state index contributed by atoms with van der Waals surface area (Å²) in [5.74, 6) is 0.142. The predicted octanol–water partition coefficient (Wildman–Crippen LogP) is 4.14. The van der Waals surface area contributed by atoms with Gasteiger partial charge in [0.15, 0.2) is 0 Å². The molecule has 6 heterocycles. The lowest BCUT2D eigenvalue weighted by molar-refractivity contribution is -0.144. The van der Waals surface area contributed by atoms with Crippen LogP contribution in [-0.2, 0) is 16.1 Å². The highest BCUT2D eigenvalue weighted by Crippen LogP contribution is 2.42. The minimum atomic E-state index is -0.178. The average molecular weight is 522 g/mol. The molecule has 0 spiro atoms. The Kier molecular flexibility index (Phi) is 5.94. The molecule has 0 aliphatic carbocycles. The van der Waals surface area contributed by atoms with Gasteiger partial charge in [-0.25, -0.2) is 4.39 Å². The van der Waals surface area contributed by atoms with Crippen LogP contribution in [0.1, 0.15) is 29.7 Å². The fourth-order valence-electron chi connectivity index (χ4n) is 6.21. The zero-order chi connectivity index (χ0) is 24.9. The highest BCUT2D eigenvalue weighted by Gasteiger charge is 2.34. The molecule has 3 fully saturated rings. The van der Waals surface area contributed by atoms with Gasteiger partial charge in [-0.3, -0.25) is 9.69 Å². The summed E-state index contributed by atoms with van der Waals surface area (Å²) < 4.78 is 20.8. The van der Waals surface area contributed by atoms with Crippen LogP contribution in [0, 0.1) is 5.82 Å². The Labute approximate surface area is 220 Å². The molecule has 1 N–H and O–H groups in total. The van der Waals surface area contributed by atoms with Crippen LogP contribution in [0.25, 0.3) is 27.0 Å². The second-order valence-electron chi connectivity index (χ2n) is 10.5. The van der Waals surface area contributed by atoms with E-state index in [0.717, 1.165) is 94.2 Å². The molecule has 0 unspecified atom stereocenters. The van der Waals surface area contributed by atoms with Crippen molar-refractivity contribution < 1.29 is 13.9 Å². The maximum absolute atomic E-state index is 15.1. The molecule has 4 aliphatic heterocycles. The van der Waals surface area contributed by atoms with Crippen LogP contribution in [0.15, 0.2) is 36.7 Å². The lowest BCUT2D eigenvalue weighted by Gasteiger charge is -2.44. The van der Waals surface area contributed by atoms with Gasteiger partial charge in [-0.05, 0) is 37.1 Å². The van der Waals surface area contributed by atoms with Gasteiger partial charge in [-0.15, -0.1) is 11.3 Å². The van der Waals surface area contributed by atoms with Crippen molar-refractivity contribution in [2.75, 3.05) is 52.6 Å². The first kappa shape index (κ1) is 23.3. The number of H-pyrrole nitrogens is 1. The Hall–Kier alpha value is -2.88. The monoisotopic (exact) mass is 521 g/mol. The molecule has 3 saturated heterocycles. The number of β-lactam (4-membered cyclic amide) rings is 1. The zero-order valence-electron chi connectivity index (χ0n) is 20.9. The van der Waals surface area contributed by atoms with Crippen LogP contribution in [0.3, 0.4) is 0 Å². The summed E-state index contributed by atoms with van der Waals surface area (Å²) in [6.45, 7) is 7.81. The van der Waals surface area contributed by atoms with Crippen molar-refractivity contribution in [1.82, 2.24) is 24.6 Å². The second kappa shape index (κ2) is 9.45. The number of nitrogens with one attached hydrogen (secondary N) is 1. The van der Waals surface area contributed by atoms with Crippen molar-refractivity contribution in [3.63, 3.8) is 0 Å². The van der Waals surface area contributed by atoms with Gasteiger partial charge in [0.2, 0.25) is 5.91 Å². The number of benzene rings is 1. The molecule has 1 aromatic carbocycles. The largest absolute Gasteiger partial charge is 0.378 e. The molecule has 37 heavy (non-hydrogen) atoms. The molecule has 9 heteroatoms. The Morgan fingerprint density at radius 2 is 1.92 bits per heavy atom. The van der Waals surface area contributed by atoms with Crippen LogP contribution in [0.4, 0.5) is 4.39 Å². The zero-order valence-corrected chi connectivity index (χ0v) is 21.7. The Morgan fingerprint density at radius 1 is 1.08 bits per heavy atom. The summed E-state index contributed by atoms with van der Waals surface area (Å²) in [7, 11) is 0. The van der Waals surface area contributed by atoms with Crippen LogP contribution in [0.2, 0.25) is 0 Å². The van der Waals surface area contributed by atoms with Crippen LogP contribution in [0.5, 0.6) is 0 Å². The number of likely N-dealkylation sites (tertiary alicyclic amines) is 2. The van der Waals surface area contributed by atoms with Gasteiger partial charge in [-0.1, -0.05) is 0 Å². The number of carbonyl (C=O) groups is 1. The van der Waals surface area contributed by atoms with Gasteiger partial charge in [0.05, 0.1) is 32.1 Å². The standard InChI is InChI=1S/C28H32FN5O2S/c29-22-1-2-23-20(3-7-30-23)28(22)25-15-21-24(33-11-13-36-14-12-33)16-32(17-26(21)37-25)18-31-8-4-19(5-9-31)34-10-6-27(34)35/h1-3,7,15-16,19,30H,4-6,8-14,17-18H2. The summed E-state index contributed by atoms with van der Waals surface area (Å²) in [5, 5.41) is 0.927. The van der Waals surface area contributed by atoms with Crippen LogP contribution < -0.4 is 0 Å². The maximum atomic E-state index is 15.1. The van der Waals surface area contributed by atoms with E-state index in [1.54, 1.807) is 17.4 Å². The molecule has 0 saturated carbocycles. The number of nitrogens with zero attached hydrogens (tertiary/aromatic N) is 4. The van der Waals surface area contributed by atoms with Gasteiger partial charge in [0, 0.05) is 89.4 Å². The van der Waals surface area contributed by atoms with Crippen LogP contribution >= 0.6 is 11.3 Å². The smallest absolute Gasteiger partial charge is 0.224 e. The first-order valence-electron chi connectivity index (χ1n) is 13.3. The summed E-state index contributed by atoms with van der Waals surface area (Å²) in [6, 6.07) is 7.95. The number of piperidine rings is 1. The summed E-state index contributed by atoms with van der Waals surface area (Å²) >= 11 is 1.71. The van der Waals surface area contributed by atoms with Gasteiger partial charge < -0.3 is 24.4 Å². The molecule has 1 amide bonds. The van der Waals surface area contributed by atoms with Gasteiger partial charge in [0.1, 0.15) is 5.82 Å². The lowest BCUT2D eigenvalue weighted by Crippen LogP contribution is -2.54. The number of fused-ring (bicyclic) bond motifs is 2. The normalized spacial score (nSPS) is 21.4. The third-order valence-corrected chi connectivity index (χ3v) is 9.42. The summed E-state index contributed by atoms with van der Waals surface area (Å²) in [6.07, 6.45) is 7.00. The van der Waals surface area contributed by atoms with Gasteiger partial charge in [0.25, 0.3) is 0 Å². The number of amides is 1. The number of morpholine rings is 1. The number of hydrogen-bond donors (Lipinski definition) is 1. The molecular weight excluding hydrogens is 489 g/mol. The minimum Gasteiger partial charge on any atom is -0.378 e. The molecule has 0 radical (unpaired) electrons. The van der Waals surface area contributed by atoms with Crippen molar-refractivity contribution in [1.29, 1.82) is 0 Å². The molecule has 2 aromatic heterocycles. The fourth-order valence-corrected chi connectivity index (χ4v) is 7.47. The molecule has 0 atom stereocenters. The van der Waals surface area contributed by atoms with E-state index in [2.05, 4.69) is 36.8 Å². The minimum absolute atomic E-state index is 0.178. The summed E-state index contributed by atoms with van der Waals surface area (Å²) in [5.41, 5.74) is 4.08. The first-order chi connectivity index (χ1) is 18.1. The van der Waals surface area contributed by atoms with Crippen molar-refractivity contribution in [2.45, 2.75) is 31.8 Å². The van der Waals surface area contributed by atoms with E-state index in [1.165, 1.54) is 16.1 Å². The average Bonchev–Trinajstić information content (AvgIpc) is 3.56. The van der Waals surface area contributed by atoms with Crippen molar-refractivity contribution in [3.8, 4) is 10.4 Å². The van der Waals surface area contributed by atoms with E-state index < -0.39 is 0 Å². The lowest BCUT2D eigenvalue weighted by atomic mass is 9.99. The highest BCUT2D eigenvalue weighted by molar-refractivity contribution is 7.15. The molecule has 0 bridgehead atoms. The second-order valence-corrected chi connectivity index (χ2v) is 11.6. The molecule has 3 aromatic rings. The topological polar surface area (TPSA) is 55.1 Å². The SMILES string of the molecule is O=C1CCN1C1CCN(CN2C=C(N3CCOCC3)c3cc(-c4c(F)ccc5[nH]ccc45)sc3C2)CC1. The molecule has 7 nitrogen and oxygen atoms in total. The summed E-state index contributed by atoms with van der Waals surface area (Å²) in [4.78, 5) is 26.8. The Bertz CT molecular complexity index is 1350. The van der Waals surface area contributed by atoms with E-state index in [-0.39, 0.29) is 5.82 Å². The Morgan fingerprint density at radius 3 is 2.68 bits per heavy atom. The molecule has 194 valence electrons. The fraction of sp³-hybridized carbons (Fsp3) is 0.464. The molecule has 7 rings (SSSR count). The predicted molar refractivity (Wildman–Crippen MR) is 143 cm³/mol. The van der Waals surface area contributed by atoms with E-state index in [0.29, 0.717) is 17.5 Å². The van der Waals surface area contributed by atoms with E-state index in [4.69, 9.17) is 4.74 Å². The number of ether oxygens (including phenoxy) is 1. The quantitative estimate of drug-likeness (QED) is 0.512. The first-order valence-corrected chi connectivity index (χ1v) is 14.1. The third kappa shape index (κ3) is 4.23. The van der Waals surface area contributed by atoms with E-state index >= 15 is 4.39 Å². The molecule has 4 aliphatic rings. The Balaban J connectivity index is 1.15. The highest BCUT2D eigenvalue weighted by atomic mass is 32.1. The van der Waals surface area contributed by atoms with Gasteiger partial charge in [-0.2, -0.15) is 0 Å². The maximum Gasteiger partial charge on any atom is 0.224 e. The number of carbonyl (C=O) groups excluding carboxylic acids is 1. The van der Waals surface area contributed by atoms with Gasteiger partial charge >= 0.3 is 0 Å².